The molecule has 1 saturated carbocycles. The summed E-state index contributed by atoms with van der Waals surface area (Å²) in [4.78, 5) is 4.45. The van der Waals surface area contributed by atoms with E-state index in [9.17, 15) is 5.11 Å². The summed E-state index contributed by atoms with van der Waals surface area (Å²) in [6.45, 7) is 5.36. The van der Waals surface area contributed by atoms with Gasteiger partial charge in [0.2, 0.25) is 0 Å². The molecule has 1 aromatic heterocycles. The lowest BCUT2D eigenvalue weighted by Crippen LogP contribution is -2.28. The van der Waals surface area contributed by atoms with Crippen LogP contribution in [0.25, 0.3) is 0 Å². The molecule has 0 amide bonds. The minimum atomic E-state index is 0.180. The SMILES string of the molecule is Cc1nc(C(C)NCC2(CO)CC2)cs1. The molecule has 0 radical (unpaired) electrons. The Morgan fingerprint density at radius 1 is 1.67 bits per heavy atom. The van der Waals surface area contributed by atoms with E-state index in [2.05, 4.69) is 22.6 Å². The summed E-state index contributed by atoms with van der Waals surface area (Å²) in [6.07, 6.45) is 2.30. The molecule has 0 bridgehead atoms. The van der Waals surface area contributed by atoms with Gasteiger partial charge < -0.3 is 10.4 Å². The molecule has 0 saturated heterocycles. The van der Waals surface area contributed by atoms with Gasteiger partial charge in [-0.3, -0.25) is 0 Å². The Kier molecular flexibility index (Phi) is 3.09. The Hall–Kier alpha value is -0.450. The molecule has 1 aromatic rings. The first kappa shape index (κ1) is 11.0. The van der Waals surface area contributed by atoms with Crippen LogP contribution in [0.2, 0.25) is 0 Å². The van der Waals surface area contributed by atoms with Crippen molar-refractivity contribution in [1.29, 1.82) is 0 Å². The summed E-state index contributed by atoms with van der Waals surface area (Å²) in [7, 11) is 0. The summed E-state index contributed by atoms with van der Waals surface area (Å²) in [5, 5.41) is 15.9. The third-order valence-electron chi connectivity index (χ3n) is 3.16. The first-order chi connectivity index (χ1) is 7.15. The maximum atomic E-state index is 9.19. The minimum absolute atomic E-state index is 0.180. The van der Waals surface area contributed by atoms with Crippen molar-refractivity contribution in [3.8, 4) is 0 Å². The van der Waals surface area contributed by atoms with Crippen LogP contribution in [0, 0.1) is 12.3 Å². The van der Waals surface area contributed by atoms with E-state index in [1.165, 1.54) is 0 Å². The lowest BCUT2D eigenvalue weighted by molar-refractivity contribution is 0.204. The number of hydrogen-bond donors (Lipinski definition) is 2. The smallest absolute Gasteiger partial charge is 0.0898 e. The minimum Gasteiger partial charge on any atom is -0.396 e. The predicted octanol–water partition coefficient (Wildman–Crippen LogP) is 1.87. The summed E-state index contributed by atoms with van der Waals surface area (Å²) < 4.78 is 0. The Morgan fingerprint density at radius 3 is 2.87 bits per heavy atom. The van der Waals surface area contributed by atoms with E-state index in [1.807, 2.05) is 6.92 Å². The number of nitrogens with zero attached hydrogens (tertiary/aromatic N) is 1. The summed E-state index contributed by atoms with van der Waals surface area (Å²) >= 11 is 1.69. The summed E-state index contributed by atoms with van der Waals surface area (Å²) in [6, 6.07) is 0.291. The van der Waals surface area contributed by atoms with Gasteiger partial charge >= 0.3 is 0 Å². The molecule has 1 heterocycles. The molecule has 0 aromatic carbocycles. The number of aliphatic hydroxyl groups is 1. The maximum absolute atomic E-state index is 9.19. The van der Waals surface area contributed by atoms with Gasteiger partial charge in [-0.2, -0.15) is 0 Å². The van der Waals surface area contributed by atoms with Crippen LogP contribution >= 0.6 is 11.3 Å². The second-order valence-corrected chi connectivity index (χ2v) is 5.61. The highest BCUT2D eigenvalue weighted by atomic mass is 32.1. The highest BCUT2D eigenvalue weighted by Crippen LogP contribution is 2.44. The topological polar surface area (TPSA) is 45.2 Å². The van der Waals surface area contributed by atoms with Crippen molar-refractivity contribution in [3.63, 3.8) is 0 Å². The van der Waals surface area contributed by atoms with E-state index < -0.39 is 0 Å². The molecular formula is C11H18N2OS. The maximum Gasteiger partial charge on any atom is 0.0898 e. The Balaban J connectivity index is 1.85. The zero-order valence-electron chi connectivity index (χ0n) is 9.29. The Bertz CT molecular complexity index is 333. The van der Waals surface area contributed by atoms with Crippen molar-refractivity contribution < 1.29 is 5.11 Å². The normalized spacial score (nSPS) is 20.2. The lowest BCUT2D eigenvalue weighted by Gasteiger charge is -2.16. The number of rotatable bonds is 5. The molecule has 84 valence electrons. The van der Waals surface area contributed by atoms with Crippen LogP contribution in [-0.2, 0) is 0 Å². The number of aromatic nitrogens is 1. The van der Waals surface area contributed by atoms with Crippen molar-refractivity contribution in [2.45, 2.75) is 32.7 Å². The average Bonchev–Trinajstić information content (AvgIpc) is 2.90. The van der Waals surface area contributed by atoms with E-state index in [1.54, 1.807) is 11.3 Å². The van der Waals surface area contributed by atoms with Crippen LogP contribution in [-0.4, -0.2) is 23.2 Å². The van der Waals surface area contributed by atoms with Gasteiger partial charge in [0.05, 0.1) is 10.7 Å². The van der Waals surface area contributed by atoms with Gasteiger partial charge in [0.15, 0.2) is 0 Å². The molecule has 4 heteroatoms. The number of thiazole rings is 1. The molecular weight excluding hydrogens is 208 g/mol. The molecule has 2 N–H and O–H groups in total. The van der Waals surface area contributed by atoms with Gasteiger partial charge in [0.1, 0.15) is 0 Å². The molecule has 1 aliphatic carbocycles. The van der Waals surface area contributed by atoms with Crippen molar-refractivity contribution >= 4 is 11.3 Å². The van der Waals surface area contributed by atoms with Crippen molar-refractivity contribution in [2.24, 2.45) is 5.41 Å². The third kappa shape index (κ3) is 2.56. The van der Waals surface area contributed by atoms with Gasteiger partial charge in [-0.05, 0) is 26.7 Å². The molecule has 3 nitrogen and oxygen atoms in total. The predicted molar refractivity (Wildman–Crippen MR) is 62.0 cm³/mol. The van der Waals surface area contributed by atoms with Crippen LogP contribution < -0.4 is 5.32 Å². The largest absolute Gasteiger partial charge is 0.396 e. The van der Waals surface area contributed by atoms with Gasteiger partial charge in [-0.15, -0.1) is 11.3 Å². The van der Waals surface area contributed by atoms with Crippen LogP contribution in [0.1, 0.15) is 36.5 Å². The highest BCUT2D eigenvalue weighted by molar-refractivity contribution is 7.09. The number of aryl methyl sites for hydroxylation is 1. The fourth-order valence-corrected chi connectivity index (χ4v) is 2.33. The average molecular weight is 226 g/mol. The van der Waals surface area contributed by atoms with Gasteiger partial charge in [-0.25, -0.2) is 4.98 Å². The van der Waals surface area contributed by atoms with Gasteiger partial charge in [0, 0.05) is 30.0 Å². The first-order valence-electron chi connectivity index (χ1n) is 5.41. The summed E-state index contributed by atoms with van der Waals surface area (Å²) in [5.41, 5.74) is 1.30. The fourth-order valence-electron chi connectivity index (χ4n) is 1.62. The molecule has 0 aliphatic heterocycles. The van der Waals surface area contributed by atoms with Crippen molar-refractivity contribution in [1.82, 2.24) is 10.3 Å². The van der Waals surface area contributed by atoms with E-state index in [4.69, 9.17) is 0 Å². The number of hydrogen-bond acceptors (Lipinski definition) is 4. The fraction of sp³-hybridized carbons (Fsp3) is 0.727. The van der Waals surface area contributed by atoms with Gasteiger partial charge in [-0.1, -0.05) is 0 Å². The Labute approximate surface area is 94.5 Å². The molecule has 15 heavy (non-hydrogen) atoms. The first-order valence-corrected chi connectivity index (χ1v) is 6.29. The highest BCUT2D eigenvalue weighted by Gasteiger charge is 2.41. The molecule has 1 fully saturated rings. The van der Waals surface area contributed by atoms with Gasteiger partial charge in [0.25, 0.3) is 0 Å². The third-order valence-corrected chi connectivity index (χ3v) is 3.95. The molecule has 0 spiro atoms. The summed E-state index contributed by atoms with van der Waals surface area (Å²) in [5.74, 6) is 0. The van der Waals surface area contributed by atoms with E-state index in [0.717, 1.165) is 30.1 Å². The van der Waals surface area contributed by atoms with Crippen molar-refractivity contribution in [3.05, 3.63) is 16.1 Å². The van der Waals surface area contributed by atoms with E-state index in [-0.39, 0.29) is 5.41 Å². The quantitative estimate of drug-likeness (QED) is 0.805. The van der Waals surface area contributed by atoms with Crippen LogP contribution in [0.3, 0.4) is 0 Å². The molecule has 1 aliphatic rings. The van der Waals surface area contributed by atoms with Crippen LogP contribution in [0.15, 0.2) is 5.38 Å². The van der Waals surface area contributed by atoms with Crippen LogP contribution in [0.4, 0.5) is 0 Å². The zero-order chi connectivity index (χ0) is 10.9. The van der Waals surface area contributed by atoms with Crippen LogP contribution in [0.5, 0.6) is 0 Å². The molecule has 1 unspecified atom stereocenters. The second-order valence-electron chi connectivity index (χ2n) is 4.55. The Morgan fingerprint density at radius 2 is 2.40 bits per heavy atom. The molecule has 1 atom stereocenters. The zero-order valence-corrected chi connectivity index (χ0v) is 10.1. The molecule has 2 rings (SSSR count). The van der Waals surface area contributed by atoms with Crippen molar-refractivity contribution in [2.75, 3.05) is 13.2 Å². The number of aliphatic hydroxyl groups excluding tert-OH is 1. The monoisotopic (exact) mass is 226 g/mol. The standard InChI is InChI=1S/C11H18N2OS/c1-8(10-5-15-9(2)13-10)12-6-11(7-14)3-4-11/h5,8,12,14H,3-4,6-7H2,1-2H3. The lowest BCUT2D eigenvalue weighted by atomic mass is 10.1. The second kappa shape index (κ2) is 4.20. The van der Waals surface area contributed by atoms with E-state index >= 15 is 0 Å². The van der Waals surface area contributed by atoms with E-state index in [0.29, 0.717) is 12.6 Å². The number of nitrogens with one attached hydrogen (secondary N) is 1.